The Labute approximate surface area is 83.4 Å². The van der Waals surface area contributed by atoms with E-state index in [2.05, 4.69) is 5.32 Å². The molecule has 1 aromatic carbocycles. The van der Waals surface area contributed by atoms with Gasteiger partial charge in [0.15, 0.2) is 0 Å². The molecule has 1 N–H and O–H groups in total. The Hall–Kier alpha value is -1.35. The van der Waals surface area contributed by atoms with Gasteiger partial charge in [-0.25, -0.2) is 4.39 Å². The van der Waals surface area contributed by atoms with Crippen LogP contribution in [0.15, 0.2) is 24.3 Å². The van der Waals surface area contributed by atoms with Crippen LogP contribution in [0.3, 0.4) is 0 Å². The number of methoxy groups -OCH3 is 1. The Morgan fingerprint density at radius 1 is 1.50 bits per heavy atom. The first-order chi connectivity index (χ1) is 6.77. The van der Waals surface area contributed by atoms with Gasteiger partial charge in [-0.1, -0.05) is 12.2 Å². The fraction of sp³-hybridized carbons (Fsp3) is 0.273. The molecule has 0 aliphatic heterocycles. The number of halogens is 1. The van der Waals surface area contributed by atoms with Crippen molar-refractivity contribution >= 4 is 6.08 Å². The zero-order chi connectivity index (χ0) is 10.4. The second-order valence-corrected chi connectivity index (χ2v) is 2.85. The molecular formula is C11H14FNO. The summed E-state index contributed by atoms with van der Waals surface area (Å²) >= 11 is 0. The Kier molecular flexibility index (Phi) is 4.13. The molecule has 0 heterocycles. The van der Waals surface area contributed by atoms with E-state index in [1.54, 1.807) is 18.2 Å². The van der Waals surface area contributed by atoms with Gasteiger partial charge in [0.25, 0.3) is 0 Å². The first kappa shape index (κ1) is 10.7. The second kappa shape index (κ2) is 5.40. The van der Waals surface area contributed by atoms with E-state index < -0.39 is 0 Å². The van der Waals surface area contributed by atoms with Gasteiger partial charge in [-0.3, -0.25) is 0 Å². The number of likely N-dealkylation sites (N-methyl/N-ethyl adjacent to an activating group) is 1. The van der Waals surface area contributed by atoms with Crippen LogP contribution in [-0.2, 0) is 0 Å². The van der Waals surface area contributed by atoms with Crippen molar-refractivity contribution in [3.8, 4) is 5.75 Å². The Balaban J connectivity index is 2.78. The predicted molar refractivity (Wildman–Crippen MR) is 55.9 cm³/mol. The summed E-state index contributed by atoms with van der Waals surface area (Å²) in [5, 5.41) is 2.95. The third-order valence-corrected chi connectivity index (χ3v) is 1.83. The van der Waals surface area contributed by atoms with E-state index in [1.807, 2.05) is 13.1 Å². The zero-order valence-electron chi connectivity index (χ0n) is 8.38. The molecule has 0 aromatic heterocycles. The molecule has 0 saturated carbocycles. The van der Waals surface area contributed by atoms with Crippen LogP contribution in [0.5, 0.6) is 5.75 Å². The van der Waals surface area contributed by atoms with Crippen molar-refractivity contribution in [3.05, 3.63) is 35.7 Å². The van der Waals surface area contributed by atoms with Crippen molar-refractivity contribution in [1.29, 1.82) is 0 Å². The second-order valence-electron chi connectivity index (χ2n) is 2.85. The number of ether oxygens (including phenoxy) is 1. The van der Waals surface area contributed by atoms with Gasteiger partial charge in [0.1, 0.15) is 11.6 Å². The first-order valence-electron chi connectivity index (χ1n) is 4.42. The summed E-state index contributed by atoms with van der Waals surface area (Å²) in [4.78, 5) is 0. The van der Waals surface area contributed by atoms with Gasteiger partial charge < -0.3 is 10.1 Å². The molecule has 0 atom stereocenters. The number of nitrogens with one attached hydrogen (secondary N) is 1. The molecule has 2 nitrogen and oxygen atoms in total. The minimum absolute atomic E-state index is 0.267. The van der Waals surface area contributed by atoms with E-state index in [9.17, 15) is 4.39 Å². The van der Waals surface area contributed by atoms with Crippen LogP contribution in [0.25, 0.3) is 6.08 Å². The first-order valence-corrected chi connectivity index (χ1v) is 4.42. The van der Waals surface area contributed by atoms with Gasteiger partial charge in [0.2, 0.25) is 0 Å². The van der Waals surface area contributed by atoms with Crippen molar-refractivity contribution in [2.75, 3.05) is 20.7 Å². The molecule has 0 saturated heterocycles. The van der Waals surface area contributed by atoms with E-state index in [0.29, 0.717) is 11.3 Å². The topological polar surface area (TPSA) is 21.3 Å². The number of benzene rings is 1. The highest BCUT2D eigenvalue weighted by Gasteiger charge is 1.99. The monoisotopic (exact) mass is 195 g/mol. The standard InChI is InChI=1S/C11H14FNO/c1-13-7-3-4-9-5-6-10(14-2)8-11(9)12/h3-6,8,13H,7H2,1-2H3. The van der Waals surface area contributed by atoms with E-state index in [0.717, 1.165) is 6.54 Å². The average Bonchev–Trinajstić information content (AvgIpc) is 2.20. The predicted octanol–water partition coefficient (Wildman–Crippen LogP) is 2.07. The largest absolute Gasteiger partial charge is 0.497 e. The van der Waals surface area contributed by atoms with Crippen LogP contribution in [-0.4, -0.2) is 20.7 Å². The fourth-order valence-electron chi connectivity index (χ4n) is 1.07. The van der Waals surface area contributed by atoms with Crippen molar-refractivity contribution in [2.45, 2.75) is 0 Å². The van der Waals surface area contributed by atoms with Gasteiger partial charge in [-0.2, -0.15) is 0 Å². The van der Waals surface area contributed by atoms with E-state index in [-0.39, 0.29) is 5.82 Å². The highest BCUT2D eigenvalue weighted by atomic mass is 19.1. The van der Waals surface area contributed by atoms with E-state index >= 15 is 0 Å². The quantitative estimate of drug-likeness (QED) is 0.794. The van der Waals surface area contributed by atoms with Gasteiger partial charge in [0, 0.05) is 18.2 Å². The van der Waals surface area contributed by atoms with E-state index in [4.69, 9.17) is 4.74 Å². The average molecular weight is 195 g/mol. The van der Waals surface area contributed by atoms with Crippen LogP contribution in [0, 0.1) is 5.82 Å². The third-order valence-electron chi connectivity index (χ3n) is 1.83. The van der Waals surface area contributed by atoms with Gasteiger partial charge in [-0.15, -0.1) is 0 Å². The van der Waals surface area contributed by atoms with Gasteiger partial charge in [-0.05, 0) is 19.2 Å². The summed E-state index contributed by atoms with van der Waals surface area (Å²) in [6.07, 6.45) is 3.61. The van der Waals surface area contributed by atoms with Crippen molar-refractivity contribution in [1.82, 2.24) is 5.32 Å². The molecule has 0 fully saturated rings. The normalized spacial score (nSPS) is 10.8. The molecular weight excluding hydrogens is 181 g/mol. The molecule has 0 unspecified atom stereocenters. The fourth-order valence-corrected chi connectivity index (χ4v) is 1.07. The molecule has 0 bridgehead atoms. The lowest BCUT2D eigenvalue weighted by molar-refractivity contribution is 0.411. The maximum absolute atomic E-state index is 13.3. The van der Waals surface area contributed by atoms with Gasteiger partial charge in [0.05, 0.1) is 7.11 Å². The highest BCUT2D eigenvalue weighted by molar-refractivity contribution is 5.51. The minimum Gasteiger partial charge on any atom is -0.497 e. The lowest BCUT2D eigenvalue weighted by atomic mass is 10.2. The number of hydrogen-bond acceptors (Lipinski definition) is 2. The van der Waals surface area contributed by atoms with Crippen LogP contribution in [0.2, 0.25) is 0 Å². The van der Waals surface area contributed by atoms with Crippen LogP contribution in [0.1, 0.15) is 5.56 Å². The van der Waals surface area contributed by atoms with Gasteiger partial charge >= 0.3 is 0 Å². The zero-order valence-corrected chi connectivity index (χ0v) is 8.38. The smallest absolute Gasteiger partial charge is 0.134 e. The molecule has 1 aromatic rings. The van der Waals surface area contributed by atoms with Crippen molar-refractivity contribution in [2.24, 2.45) is 0 Å². The molecule has 0 radical (unpaired) electrons. The highest BCUT2D eigenvalue weighted by Crippen LogP contribution is 2.16. The molecule has 0 spiro atoms. The summed E-state index contributed by atoms with van der Waals surface area (Å²) in [7, 11) is 3.36. The molecule has 3 heteroatoms. The number of hydrogen-bond donors (Lipinski definition) is 1. The van der Waals surface area contributed by atoms with Crippen molar-refractivity contribution < 1.29 is 9.13 Å². The molecule has 0 aliphatic rings. The maximum atomic E-state index is 13.3. The number of rotatable bonds is 4. The minimum atomic E-state index is -0.267. The Morgan fingerprint density at radius 3 is 2.86 bits per heavy atom. The Bertz CT molecular complexity index is 323. The third kappa shape index (κ3) is 2.85. The Morgan fingerprint density at radius 2 is 2.29 bits per heavy atom. The molecule has 76 valence electrons. The van der Waals surface area contributed by atoms with E-state index in [1.165, 1.54) is 13.2 Å². The maximum Gasteiger partial charge on any atom is 0.134 e. The SMILES string of the molecule is CNCC=Cc1ccc(OC)cc1F. The molecule has 14 heavy (non-hydrogen) atoms. The summed E-state index contributed by atoms with van der Waals surface area (Å²) in [5.74, 6) is 0.268. The lowest BCUT2D eigenvalue weighted by Crippen LogP contribution is -2.03. The summed E-state index contributed by atoms with van der Waals surface area (Å²) in [6, 6.07) is 4.81. The van der Waals surface area contributed by atoms with Crippen molar-refractivity contribution in [3.63, 3.8) is 0 Å². The van der Waals surface area contributed by atoms with Crippen LogP contribution < -0.4 is 10.1 Å². The molecule has 0 aliphatic carbocycles. The molecule has 0 amide bonds. The summed E-state index contributed by atoms with van der Waals surface area (Å²) in [6.45, 7) is 0.728. The van der Waals surface area contributed by atoms with Crippen LogP contribution >= 0.6 is 0 Å². The van der Waals surface area contributed by atoms with Crippen LogP contribution in [0.4, 0.5) is 4.39 Å². The molecule has 1 rings (SSSR count). The summed E-state index contributed by atoms with van der Waals surface area (Å²) < 4.78 is 18.2. The lowest BCUT2D eigenvalue weighted by Gasteiger charge is -2.01. The summed E-state index contributed by atoms with van der Waals surface area (Å²) in [5.41, 5.74) is 0.570.